The van der Waals surface area contributed by atoms with E-state index in [2.05, 4.69) is 22.1 Å². The molecule has 6 heteroatoms. The van der Waals surface area contributed by atoms with Crippen molar-refractivity contribution < 1.29 is 19.8 Å². The molecule has 3 aromatic rings. The molecule has 1 aromatic heterocycles. The fourth-order valence-electron chi connectivity index (χ4n) is 2.89. The van der Waals surface area contributed by atoms with Crippen molar-refractivity contribution in [3.8, 4) is 11.8 Å². The molecule has 3 rings (SSSR count). The number of carbonyl (C=O) groups excluding carboxylic acids is 1. The highest BCUT2D eigenvalue weighted by atomic mass is 16.4. The molecule has 0 saturated heterocycles. The molecule has 2 aromatic carbocycles. The normalized spacial score (nSPS) is 12.1. The van der Waals surface area contributed by atoms with Crippen molar-refractivity contribution in [1.82, 2.24) is 10.3 Å². The number of amides is 1. The Hall–Kier alpha value is -3.56. The van der Waals surface area contributed by atoms with Crippen LogP contribution in [-0.2, 0) is 11.2 Å². The molecule has 0 spiro atoms. The van der Waals surface area contributed by atoms with Gasteiger partial charge in [-0.25, -0.2) is 4.79 Å². The number of benzene rings is 2. The van der Waals surface area contributed by atoms with E-state index in [0.717, 1.165) is 16.5 Å². The van der Waals surface area contributed by atoms with Gasteiger partial charge >= 0.3 is 5.97 Å². The van der Waals surface area contributed by atoms with Gasteiger partial charge in [0.2, 0.25) is 0 Å². The summed E-state index contributed by atoms with van der Waals surface area (Å²) in [6.07, 6.45) is 1.93. The number of carboxylic acids is 1. The molecule has 0 fully saturated rings. The van der Waals surface area contributed by atoms with Crippen molar-refractivity contribution in [2.45, 2.75) is 31.9 Å². The van der Waals surface area contributed by atoms with Crippen molar-refractivity contribution >= 4 is 22.8 Å². The van der Waals surface area contributed by atoms with E-state index < -0.39 is 23.5 Å². The maximum Gasteiger partial charge on any atom is 0.326 e. The molecule has 148 valence electrons. The average molecular weight is 390 g/mol. The zero-order chi connectivity index (χ0) is 21.0. The fraction of sp³-hybridized carbons (Fsp3) is 0.217. The van der Waals surface area contributed by atoms with Crippen LogP contribution in [0.25, 0.3) is 10.9 Å². The molecule has 0 aliphatic heterocycles. The molecule has 4 N–H and O–H groups in total. The Morgan fingerprint density at radius 1 is 1.14 bits per heavy atom. The monoisotopic (exact) mass is 390 g/mol. The van der Waals surface area contributed by atoms with Crippen LogP contribution < -0.4 is 5.32 Å². The maximum atomic E-state index is 12.5. The van der Waals surface area contributed by atoms with Crippen molar-refractivity contribution in [3.05, 3.63) is 71.4 Å². The maximum absolute atomic E-state index is 12.5. The first-order valence-corrected chi connectivity index (χ1v) is 9.17. The molecule has 1 amide bonds. The average Bonchev–Trinajstić information content (AvgIpc) is 3.08. The van der Waals surface area contributed by atoms with Crippen molar-refractivity contribution in [1.29, 1.82) is 0 Å². The van der Waals surface area contributed by atoms with Gasteiger partial charge < -0.3 is 20.5 Å². The van der Waals surface area contributed by atoms with E-state index >= 15 is 0 Å². The lowest BCUT2D eigenvalue weighted by Gasteiger charge is -2.14. The quantitative estimate of drug-likeness (QED) is 0.503. The van der Waals surface area contributed by atoms with E-state index in [1.807, 2.05) is 24.3 Å². The standard InChI is InChI=1S/C23H22N2O4/c1-23(2,29)12-11-15-7-9-16(10-8-15)21(26)25-20(22(27)28)13-17-14-24-19-6-4-3-5-18(17)19/h3-10,14,20,24,29H,13H2,1-2H3,(H,25,26)(H,27,28). The molecule has 0 aliphatic rings. The number of aliphatic hydroxyl groups is 1. The molecule has 0 radical (unpaired) electrons. The Bertz CT molecular complexity index is 1100. The summed E-state index contributed by atoms with van der Waals surface area (Å²) >= 11 is 0. The third-order valence-corrected chi connectivity index (χ3v) is 4.36. The Morgan fingerprint density at radius 3 is 2.48 bits per heavy atom. The van der Waals surface area contributed by atoms with Crippen LogP contribution in [0.5, 0.6) is 0 Å². The highest BCUT2D eigenvalue weighted by molar-refractivity contribution is 5.97. The predicted octanol–water partition coefficient (Wildman–Crippen LogP) is 2.72. The van der Waals surface area contributed by atoms with Gasteiger partial charge in [0.25, 0.3) is 5.91 Å². The number of aromatic amines is 1. The number of H-pyrrole nitrogens is 1. The van der Waals surface area contributed by atoms with Crippen LogP contribution >= 0.6 is 0 Å². The number of rotatable bonds is 5. The van der Waals surface area contributed by atoms with Gasteiger partial charge in [-0.3, -0.25) is 4.79 Å². The van der Waals surface area contributed by atoms with Crippen molar-refractivity contribution in [3.63, 3.8) is 0 Å². The molecule has 1 atom stereocenters. The summed E-state index contributed by atoms with van der Waals surface area (Å²) in [5.74, 6) is 3.95. The lowest BCUT2D eigenvalue weighted by Crippen LogP contribution is -2.42. The van der Waals surface area contributed by atoms with Crippen LogP contribution in [0, 0.1) is 11.8 Å². The molecule has 1 heterocycles. The topological polar surface area (TPSA) is 102 Å². The number of hydrogen-bond donors (Lipinski definition) is 4. The van der Waals surface area contributed by atoms with Gasteiger partial charge in [-0.1, -0.05) is 30.0 Å². The lowest BCUT2D eigenvalue weighted by atomic mass is 10.0. The predicted molar refractivity (Wildman–Crippen MR) is 111 cm³/mol. The van der Waals surface area contributed by atoms with Crippen molar-refractivity contribution in [2.75, 3.05) is 0 Å². The lowest BCUT2D eigenvalue weighted by molar-refractivity contribution is -0.139. The number of hydrogen-bond acceptors (Lipinski definition) is 3. The molecule has 0 aliphatic carbocycles. The zero-order valence-electron chi connectivity index (χ0n) is 16.2. The summed E-state index contributed by atoms with van der Waals surface area (Å²) in [5.41, 5.74) is 1.63. The van der Waals surface area contributed by atoms with Crippen LogP contribution in [0.1, 0.15) is 35.3 Å². The number of carboxylic acid groups (broad SMARTS) is 1. The van der Waals surface area contributed by atoms with Gasteiger partial charge in [-0.15, -0.1) is 0 Å². The first-order chi connectivity index (χ1) is 13.7. The minimum Gasteiger partial charge on any atom is -0.480 e. The van der Waals surface area contributed by atoms with E-state index in [0.29, 0.717) is 11.1 Å². The molecule has 29 heavy (non-hydrogen) atoms. The van der Waals surface area contributed by atoms with Crippen LogP contribution in [0.2, 0.25) is 0 Å². The highest BCUT2D eigenvalue weighted by Crippen LogP contribution is 2.19. The number of aliphatic carboxylic acids is 1. The first-order valence-electron chi connectivity index (χ1n) is 9.17. The summed E-state index contributed by atoms with van der Waals surface area (Å²) in [6.45, 7) is 3.17. The zero-order valence-corrected chi connectivity index (χ0v) is 16.2. The summed E-state index contributed by atoms with van der Waals surface area (Å²) in [7, 11) is 0. The second kappa shape index (κ2) is 8.21. The molecule has 6 nitrogen and oxygen atoms in total. The number of fused-ring (bicyclic) bond motifs is 1. The molecular formula is C23H22N2O4. The van der Waals surface area contributed by atoms with Gasteiger partial charge in [-0.05, 0) is 49.7 Å². The van der Waals surface area contributed by atoms with Gasteiger partial charge in [0.1, 0.15) is 11.6 Å². The Labute approximate surface area is 168 Å². The second-order valence-electron chi connectivity index (χ2n) is 7.31. The third kappa shape index (κ3) is 5.24. The molecule has 0 saturated carbocycles. The first kappa shape index (κ1) is 20.2. The summed E-state index contributed by atoms with van der Waals surface area (Å²) < 4.78 is 0. The van der Waals surface area contributed by atoms with Gasteiger partial charge in [0.05, 0.1) is 0 Å². The van der Waals surface area contributed by atoms with Crippen LogP contribution in [-0.4, -0.2) is 38.7 Å². The minimum absolute atomic E-state index is 0.167. The SMILES string of the molecule is CC(C)(O)C#Cc1ccc(C(=O)NC(Cc2c[nH]c3ccccc23)C(=O)O)cc1. The van der Waals surface area contributed by atoms with E-state index in [4.69, 9.17) is 0 Å². The van der Waals surface area contributed by atoms with Gasteiger partial charge in [-0.2, -0.15) is 0 Å². The number of nitrogens with one attached hydrogen (secondary N) is 2. The molecule has 1 unspecified atom stereocenters. The van der Waals surface area contributed by atoms with E-state index in [1.54, 1.807) is 44.3 Å². The largest absolute Gasteiger partial charge is 0.480 e. The Balaban J connectivity index is 1.72. The number of aromatic nitrogens is 1. The fourth-order valence-corrected chi connectivity index (χ4v) is 2.89. The Morgan fingerprint density at radius 2 is 1.83 bits per heavy atom. The summed E-state index contributed by atoms with van der Waals surface area (Å²) in [5, 5.41) is 22.7. The third-order valence-electron chi connectivity index (χ3n) is 4.36. The van der Waals surface area contributed by atoms with Gasteiger partial charge in [0.15, 0.2) is 0 Å². The minimum atomic E-state index is -1.10. The van der Waals surface area contributed by atoms with Gasteiger partial charge in [0, 0.05) is 34.6 Å². The van der Waals surface area contributed by atoms with Crippen LogP contribution in [0.4, 0.5) is 0 Å². The molecule has 0 bridgehead atoms. The van der Waals surface area contributed by atoms with E-state index in [9.17, 15) is 19.8 Å². The smallest absolute Gasteiger partial charge is 0.326 e. The van der Waals surface area contributed by atoms with Crippen LogP contribution in [0.3, 0.4) is 0 Å². The molecular weight excluding hydrogens is 368 g/mol. The Kier molecular flexibility index (Phi) is 5.71. The van der Waals surface area contributed by atoms with E-state index in [-0.39, 0.29) is 6.42 Å². The van der Waals surface area contributed by atoms with Crippen LogP contribution in [0.15, 0.2) is 54.7 Å². The van der Waals surface area contributed by atoms with E-state index in [1.165, 1.54) is 0 Å². The highest BCUT2D eigenvalue weighted by Gasteiger charge is 2.22. The summed E-state index contributed by atoms with van der Waals surface area (Å²) in [4.78, 5) is 27.3. The number of carbonyl (C=O) groups is 2. The number of para-hydroxylation sites is 1. The second-order valence-corrected chi connectivity index (χ2v) is 7.31. The summed E-state index contributed by atoms with van der Waals surface area (Å²) in [6, 6.07) is 13.0. The van der Waals surface area contributed by atoms with Crippen molar-refractivity contribution in [2.24, 2.45) is 0 Å².